The number of rotatable bonds is 3. The monoisotopic (exact) mass is 254 g/mol. The molecule has 4 nitrogen and oxygen atoms in total. The Bertz CT molecular complexity index is 355. The van der Waals surface area contributed by atoms with Gasteiger partial charge in [0, 0.05) is 24.5 Å². The predicted octanol–water partition coefficient (Wildman–Crippen LogP) is 1.69. The smallest absolute Gasteiger partial charge is 0.185 e. The zero-order valence-corrected chi connectivity index (χ0v) is 11.7. The number of hydrogen-bond acceptors (Lipinski definition) is 5. The Kier molecular flexibility index (Phi) is 4.01. The van der Waals surface area contributed by atoms with Crippen molar-refractivity contribution < 1.29 is 0 Å². The molecule has 1 saturated heterocycles. The molecule has 2 N–H and O–H groups in total. The average Bonchev–Trinajstić information content (AvgIpc) is 2.78. The molecular weight excluding hydrogens is 232 g/mol. The number of anilines is 1. The SMILES string of the molecule is CC(N)c1csc(N(C)C2CCN(C)CC2)n1. The fourth-order valence-electron chi connectivity index (χ4n) is 2.19. The summed E-state index contributed by atoms with van der Waals surface area (Å²) in [6.45, 7) is 4.34. The molecule has 17 heavy (non-hydrogen) atoms. The molecule has 0 aromatic carbocycles. The van der Waals surface area contributed by atoms with Crippen molar-refractivity contribution >= 4 is 16.5 Å². The summed E-state index contributed by atoms with van der Waals surface area (Å²) >= 11 is 1.70. The summed E-state index contributed by atoms with van der Waals surface area (Å²) in [5.41, 5.74) is 6.85. The molecule has 2 heterocycles. The lowest BCUT2D eigenvalue weighted by molar-refractivity contribution is 0.253. The molecule has 1 unspecified atom stereocenters. The van der Waals surface area contributed by atoms with Crippen LogP contribution in [0.5, 0.6) is 0 Å². The second-order valence-corrected chi connectivity index (χ2v) is 5.83. The lowest BCUT2D eigenvalue weighted by Crippen LogP contribution is -2.41. The predicted molar refractivity (Wildman–Crippen MR) is 73.6 cm³/mol. The molecule has 5 heteroatoms. The fraction of sp³-hybridized carbons (Fsp3) is 0.750. The third kappa shape index (κ3) is 2.97. The molecule has 1 aliphatic rings. The molecule has 0 amide bonds. The molecule has 1 fully saturated rings. The standard InChI is InChI=1S/C12H22N4S/c1-9(13)11-8-17-12(14-11)16(3)10-4-6-15(2)7-5-10/h8-10H,4-7,13H2,1-3H3. The van der Waals surface area contributed by atoms with Crippen LogP contribution in [0.3, 0.4) is 0 Å². The van der Waals surface area contributed by atoms with Crippen LogP contribution >= 0.6 is 11.3 Å². The Morgan fingerprint density at radius 1 is 1.53 bits per heavy atom. The molecular formula is C12H22N4S. The van der Waals surface area contributed by atoms with Gasteiger partial charge in [-0.3, -0.25) is 0 Å². The summed E-state index contributed by atoms with van der Waals surface area (Å²) in [5, 5.41) is 3.18. The highest BCUT2D eigenvalue weighted by atomic mass is 32.1. The lowest BCUT2D eigenvalue weighted by atomic mass is 10.0. The van der Waals surface area contributed by atoms with Crippen molar-refractivity contribution in [2.75, 3.05) is 32.1 Å². The largest absolute Gasteiger partial charge is 0.348 e. The van der Waals surface area contributed by atoms with Crippen LogP contribution in [0, 0.1) is 0 Å². The first-order valence-corrected chi connectivity index (χ1v) is 7.08. The normalized spacial score (nSPS) is 20.5. The highest BCUT2D eigenvalue weighted by molar-refractivity contribution is 7.13. The number of hydrogen-bond donors (Lipinski definition) is 1. The van der Waals surface area contributed by atoms with Crippen LogP contribution < -0.4 is 10.6 Å². The maximum absolute atomic E-state index is 5.84. The van der Waals surface area contributed by atoms with E-state index in [9.17, 15) is 0 Å². The van der Waals surface area contributed by atoms with Crippen LogP contribution in [0.25, 0.3) is 0 Å². The maximum atomic E-state index is 5.84. The van der Waals surface area contributed by atoms with Gasteiger partial charge in [-0.05, 0) is 39.9 Å². The number of nitrogens with two attached hydrogens (primary N) is 1. The number of likely N-dealkylation sites (tertiary alicyclic amines) is 1. The van der Waals surface area contributed by atoms with Gasteiger partial charge < -0.3 is 15.5 Å². The van der Waals surface area contributed by atoms with Crippen LogP contribution in [0.2, 0.25) is 0 Å². The molecule has 1 aromatic heterocycles. The van der Waals surface area contributed by atoms with E-state index in [0.717, 1.165) is 10.8 Å². The summed E-state index contributed by atoms with van der Waals surface area (Å²) in [7, 11) is 4.34. The summed E-state index contributed by atoms with van der Waals surface area (Å²) < 4.78 is 0. The quantitative estimate of drug-likeness (QED) is 0.891. The number of aromatic nitrogens is 1. The van der Waals surface area contributed by atoms with Crippen LogP contribution in [0.4, 0.5) is 5.13 Å². The van der Waals surface area contributed by atoms with E-state index in [1.165, 1.54) is 25.9 Å². The van der Waals surface area contributed by atoms with Crippen molar-refractivity contribution in [1.82, 2.24) is 9.88 Å². The van der Waals surface area contributed by atoms with E-state index in [1.807, 2.05) is 6.92 Å². The molecule has 0 aliphatic carbocycles. The van der Waals surface area contributed by atoms with Gasteiger partial charge in [0.1, 0.15) is 0 Å². The maximum Gasteiger partial charge on any atom is 0.185 e. The molecule has 2 rings (SSSR count). The molecule has 0 spiro atoms. The fourth-order valence-corrected chi connectivity index (χ4v) is 3.15. The van der Waals surface area contributed by atoms with Gasteiger partial charge in [0.2, 0.25) is 0 Å². The molecule has 1 atom stereocenters. The van der Waals surface area contributed by atoms with E-state index in [-0.39, 0.29) is 6.04 Å². The highest BCUT2D eigenvalue weighted by Crippen LogP contribution is 2.26. The van der Waals surface area contributed by atoms with Gasteiger partial charge in [-0.15, -0.1) is 11.3 Å². The summed E-state index contributed by atoms with van der Waals surface area (Å²) in [6.07, 6.45) is 2.44. The molecule has 0 radical (unpaired) electrons. The van der Waals surface area contributed by atoms with E-state index >= 15 is 0 Å². The molecule has 96 valence electrons. The second kappa shape index (κ2) is 5.33. The first-order valence-electron chi connectivity index (χ1n) is 6.20. The van der Waals surface area contributed by atoms with Crippen LogP contribution in [-0.2, 0) is 0 Å². The third-order valence-corrected chi connectivity index (χ3v) is 4.46. The zero-order valence-electron chi connectivity index (χ0n) is 10.9. The van der Waals surface area contributed by atoms with Gasteiger partial charge in [0.25, 0.3) is 0 Å². The highest BCUT2D eigenvalue weighted by Gasteiger charge is 2.22. The summed E-state index contributed by atoms with van der Waals surface area (Å²) in [5.74, 6) is 0. The van der Waals surface area contributed by atoms with Crippen molar-refractivity contribution in [3.05, 3.63) is 11.1 Å². The lowest BCUT2D eigenvalue weighted by Gasteiger charge is -2.34. The Morgan fingerprint density at radius 3 is 2.71 bits per heavy atom. The van der Waals surface area contributed by atoms with Crippen molar-refractivity contribution in [2.24, 2.45) is 5.73 Å². The van der Waals surface area contributed by atoms with E-state index < -0.39 is 0 Å². The van der Waals surface area contributed by atoms with Crippen LogP contribution in [0.15, 0.2) is 5.38 Å². The third-order valence-electron chi connectivity index (χ3n) is 3.51. The second-order valence-electron chi connectivity index (χ2n) is 4.99. The molecule has 0 saturated carbocycles. The minimum absolute atomic E-state index is 0.0332. The van der Waals surface area contributed by atoms with Crippen molar-refractivity contribution in [3.63, 3.8) is 0 Å². The van der Waals surface area contributed by atoms with Gasteiger partial charge in [0.15, 0.2) is 5.13 Å². The molecule has 1 aromatic rings. The molecule has 0 bridgehead atoms. The minimum atomic E-state index is 0.0332. The van der Waals surface area contributed by atoms with Gasteiger partial charge in [0.05, 0.1) is 5.69 Å². The number of thiazole rings is 1. The van der Waals surface area contributed by atoms with Gasteiger partial charge in [-0.2, -0.15) is 0 Å². The van der Waals surface area contributed by atoms with Gasteiger partial charge in [-0.1, -0.05) is 0 Å². The van der Waals surface area contributed by atoms with E-state index in [0.29, 0.717) is 6.04 Å². The first kappa shape index (κ1) is 12.8. The summed E-state index contributed by atoms with van der Waals surface area (Å²) in [6, 6.07) is 0.657. The average molecular weight is 254 g/mol. The first-order chi connectivity index (χ1) is 8.08. The topological polar surface area (TPSA) is 45.4 Å². The summed E-state index contributed by atoms with van der Waals surface area (Å²) in [4.78, 5) is 9.32. The van der Waals surface area contributed by atoms with Gasteiger partial charge in [-0.25, -0.2) is 4.98 Å². The van der Waals surface area contributed by atoms with Crippen LogP contribution in [-0.4, -0.2) is 43.1 Å². The number of piperidine rings is 1. The van der Waals surface area contributed by atoms with Crippen molar-refractivity contribution in [1.29, 1.82) is 0 Å². The number of nitrogens with zero attached hydrogens (tertiary/aromatic N) is 3. The van der Waals surface area contributed by atoms with Crippen molar-refractivity contribution in [3.8, 4) is 0 Å². The minimum Gasteiger partial charge on any atom is -0.348 e. The van der Waals surface area contributed by atoms with E-state index in [4.69, 9.17) is 5.73 Å². The van der Waals surface area contributed by atoms with Crippen molar-refractivity contribution in [2.45, 2.75) is 31.8 Å². The zero-order chi connectivity index (χ0) is 12.4. The Balaban J connectivity index is 2.01. The van der Waals surface area contributed by atoms with E-state index in [2.05, 4.69) is 34.3 Å². The molecule has 1 aliphatic heterocycles. The Labute approximate surface area is 107 Å². The van der Waals surface area contributed by atoms with Gasteiger partial charge >= 0.3 is 0 Å². The Hall–Kier alpha value is -0.650. The van der Waals surface area contributed by atoms with E-state index in [1.54, 1.807) is 11.3 Å². The Morgan fingerprint density at radius 2 is 2.18 bits per heavy atom. The van der Waals surface area contributed by atoms with Crippen LogP contribution in [0.1, 0.15) is 31.5 Å².